The van der Waals surface area contributed by atoms with Crippen molar-refractivity contribution in [2.75, 3.05) is 5.32 Å². The van der Waals surface area contributed by atoms with Crippen LogP contribution < -0.4 is 5.32 Å². The summed E-state index contributed by atoms with van der Waals surface area (Å²) in [5.74, 6) is -0.217. The highest BCUT2D eigenvalue weighted by molar-refractivity contribution is 7.13. The smallest absolute Gasteiger partial charge is 0.243 e. The van der Waals surface area contributed by atoms with Gasteiger partial charge in [0.15, 0.2) is 5.13 Å². The van der Waals surface area contributed by atoms with Crippen molar-refractivity contribution in [3.05, 3.63) is 11.1 Å². The van der Waals surface area contributed by atoms with E-state index < -0.39 is 5.38 Å². The Morgan fingerprint density at radius 3 is 2.92 bits per heavy atom. The van der Waals surface area contributed by atoms with Crippen LogP contribution in [0.3, 0.4) is 0 Å². The monoisotopic (exact) mass is 204 g/mol. The minimum Gasteiger partial charge on any atom is -0.301 e. The number of anilines is 1. The molecule has 3 nitrogen and oxygen atoms in total. The second-order valence-electron chi connectivity index (χ2n) is 2.40. The molecular weight excluding hydrogens is 196 g/mol. The second-order valence-corrected chi connectivity index (χ2v) is 3.91. The number of aryl methyl sites for hydroxylation is 1. The van der Waals surface area contributed by atoms with Gasteiger partial charge in [0.2, 0.25) is 5.91 Å². The third-order valence-electron chi connectivity index (χ3n) is 1.21. The first-order valence-electron chi connectivity index (χ1n) is 3.46. The number of carbonyl (C=O) groups is 1. The number of amides is 1. The van der Waals surface area contributed by atoms with E-state index >= 15 is 0 Å². The second kappa shape index (κ2) is 3.87. The highest BCUT2D eigenvalue weighted by atomic mass is 35.5. The number of halogens is 1. The van der Waals surface area contributed by atoms with E-state index in [1.54, 1.807) is 6.92 Å². The fourth-order valence-electron chi connectivity index (χ4n) is 0.616. The van der Waals surface area contributed by atoms with Crippen LogP contribution in [-0.4, -0.2) is 16.3 Å². The van der Waals surface area contributed by atoms with Crippen molar-refractivity contribution in [1.29, 1.82) is 0 Å². The van der Waals surface area contributed by atoms with Gasteiger partial charge in [-0.15, -0.1) is 22.9 Å². The average molecular weight is 205 g/mol. The quantitative estimate of drug-likeness (QED) is 0.749. The van der Waals surface area contributed by atoms with Crippen LogP contribution in [-0.2, 0) is 4.79 Å². The lowest BCUT2D eigenvalue weighted by atomic mass is 10.4. The normalized spacial score (nSPS) is 12.6. The molecule has 5 heteroatoms. The molecule has 0 fully saturated rings. The Labute approximate surface area is 79.8 Å². The molecule has 1 heterocycles. The molecule has 1 aromatic rings. The highest BCUT2D eigenvalue weighted by Crippen LogP contribution is 2.14. The van der Waals surface area contributed by atoms with E-state index in [0.717, 1.165) is 5.69 Å². The number of carbonyl (C=O) groups excluding carboxylic acids is 1. The van der Waals surface area contributed by atoms with Crippen LogP contribution in [0.4, 0.5) is 5.13 Å². The molecule has 0 saturated heterocycles. The van der Waals surface area contributed by atoms with Crippen LogP contribution in [0.25, 0.3) is 0 Å². The Hall–Kier alpha value is -0.610. The van der Waals surface area contributed by atoms with Gasteiger partial charge in [-0.25, -0.2) is 4.98 Å². The first-order valence-corrected chi connectivity index (χ1v) is 4.78. The Kier molecular flexibility index (Phi) is 3.05. The fourth-order valence-corrected chi connectivity index (χ4v) is 1.36. The molecule has 0 saturated carbocycles. The summed E-state index contributed by atoms with van der Waals surface area (Å²) < 4.78 is 0. The lowest BCUT2D eigenvalue weighted by molar-refractivity contribution is -0.115. The number of alkyl halides is 1. The maximum absolute atomic E-state index is 11.0. The number of nitrogens with one attached hydrogen (secondary N) is 1. The predicted molar refractivity (Wildman–Crippen MR) is 50.8 cm³/mol. The van der Waals surface area contributed by atoms with Crippen molar-refractivity contribution >= 4 is 34.0 Å². The number of rotatable bonds is 2. The minimum absolute atomic E-state index is 0.217. The van der Waals surface area contributed by atoms with Crippen LogP contribution in [0.2, 0.25) is 0 Å². The molecule has 0 aliphatic rings. The zero-order valence-corrected chi connectivity index (χ0v) is 8.37. The third kappa shape index (κ3) is 2.46. The van der Waals surface area contributed by atoms with Gasteiger partial charge in [-0.2, -0.15) is 0 Å². The minimum atomic E-state index is -0.519. The van der Waals surface area contributed by atoms with E-state index in [1.807, 2.05) is 12.3 Å². The lowest BCUT2D eigenvalue weighted by Gasteiger charge is -2.01. The summed E-state index contributed by atoms with van der Waals surface area (Å²) >= 11 is 6.94. The largest absolute Gasteiger partial charge is 0.301 e. The van der Waals surface area contributed by atoms with Gasteiger partial charge in [-0.05, 0) is 13.8 Å². The van der Waals surface area contributed by atoms with E-state index in [-0.39, 0.29) is 5.91 Å². The number of hydrogen-bond donors (Lipinski definition) is 1. The summed E-state index contributed by atoms with van der Waals surface area (Å²) in [6, 6.07) is 0. The standard InChI is InChI=1S/C7H9ClN2OS/c1-4-3-12-7(9-4)10-6(11)5(2)8/h3,5H,1-2H3,(H,9,10,11). The molecule has 1 atom stereocenters. The molecule has 1 unspecified atom stereocenters. The summed E-state index contributed by atoms with van der Waals surface area (Å²) in [6.45, 7) is 3.49. The Morgan fingerprint density at radius 2 is 2.50 bits per heavy atom. The Bertz CT molecular complexity index is 285. The summed E-state index contributed by atoms with van der Waals surface area (Å²) in [4.78, 5) is 15.1. The van der Waals surface area contributed by atoms with Crippen molar-refractivity contribution in [1.82, 2.24) is 4.98 Å². The number of aromatic nitrogens is 1. The predicted octanol–water partition coefficient (Wildman–Crippen LogP) is 2.02. The highest BCUT2D eigenvalue weighted by Gasteiger charge is 2.10. The van der Waals surface area contributed by atoms with Crippen molar-refractivity contribution in [2.24, 2.45) is 0 Å². The van der Waals surface area contributed by atoms with Crippen LogP contribution in [0, 0.1) is 6.92 Å². The lowest BCUT2D eigenvalue weighted by Crippen LogP contribution is -2.20. The van der Waals surface area contributed by atoms with E-state index in [4.69, 9.17) is 11.6 Å². The van der Waals surface area contributed by atoms with Gasteiger partial charge in [0.05, 0.1) is 5.69 Å². The van der Waals surface area contributed by atoms with E-state index in [0.29, 0.717) is 5.13 Å². The number of hydrogen-bond acceptors (Lipinski definition) is 3. The molecule has 0 bridgehead atoms. The van der Waals surface area contributed by atoms with Crippen molar-refractivity contribution in [3.8, 4) is 0 Å². The molecule has 1 N–H and O–H groups in total. The molecule has 0 aliphatic heterocycles. The summed E-state index contributed by atoms with van der Waals surface area (Å²) in [5, 5.41) is 4.55. The van der Waals surface area contributed by atoms with E-state index in [2.05, 4.69) is 10.3 Å². The topological polar surface area (TPSA) is 42.0 Å². The van der Waals surface area contributed by atoms with Crippen molar-refractivity contribution in [2.45, 2.75) is 19.2 Å². The van der Waals surface area contributed by atoms with Crippen molar-refractivity contribution in [3.63, 3.8) is 0 Å². The zero-order chi connectivity index (χ0) is 9.14. The molecule has 0 radical (unpaired) electrons. The van der Waals surface area contributed by atoms with Crippen LogP contribution in [0.1, 0.15) is 12.6 Å². The first kappa shape index (κ1) is 9.48. The third-order valence-corrected chi connectivity index (χ3v) is 2.28. The SMILES string of the molecule is Cc1csc(NC(=O)C(C)Cl)n1. The van der Waals surface area contributed by atoms with E-state index in [1.165, 1.54) is 11.3 Å². The van der Waals surface area contributed by atoms with Gasteiger partial charge < -0.3 is 5.32 Å². The van der Waals surface area contributed by atoms with Gasteiger partial charge in [-0.3, -0.25) is 4.79 Å². The Morgan fingerprint density at radius 1 is 1.83 bits per heavy atom. The molecule has 1 rings (SSSR count). The molecule has 0 aliphatic carbocycles. The van der Waals surface area contributed by atoms with Gasteiger partial charge >= 0.3 is 0 Å². The number of nitrogens with zero attached hydrogens (tertiary/aromatic N) is 1. The summed E-state index contributed by atoms with van der Waals surface area (Å²) in [7, 11) is 0. The van der Waals surface area contributed by atoms with Gasteiger partial charge in [0.25, 0.3) is 0 Å². The maximum Gasteiger partial charge on any atom is 0.243 e. The molecule has 12 heavy (non-hydrogen) atoms. The van der Waals surface area contributed by atoms with E-state index in [9.17, 15) is 4.79 Å². The molecule has 0 spiro atoms. The molecule has 0 aromatic carbocycles. The van der Waals surface area contributed by atoms with Gasteiger partial charge in [0.1, 0.15) is 5.38 Å². The van der Waals surface area contributed by atoms with Crippen LogP contribution in [0.15, 0.2) is 5.38 Å². The zero-order valence-electron chi connectivity index (χ0n) is 6.80. The van der Waals surface area contributed by atoms with Gasteiger partial charge in [0, 0.05) is 5.38 Å². The first-order chi connectivity index (χ1) is 5.59. The Balaban J connectivity index is 2.58. The molecule has 66 valence electrons. The average Bonchev–Trinajstić information content (AvgIpc) is 2.35. The van der Waals surface area contributed by atoms with Crippen LogP contribution in [0.5, 0.6) is 0 Å². The molecular formula is C7H9ClN2OS. The van der Waals surface area contributed by atoms with Crippen molar-refractivity contribution < 1.29 is 4.79 Å². The summed E-state index contributed by atoms with van der Waals surface area (Å²) in [6.07, 6.45) is 0. The molecule has 1 aromatic heterocycles. The number of thiazole rings is 1. The van der Waals surface area contributed by atoms with Crippen LogP contribution >= 0.6 is 22.9 Å². The maximum atomic E-state index is 11.0. The molecule has 1 amide bonds. The summed E-state index contributed by atoms with van der Waals surface area (Å²) in [5.41, 5.74) is 0.900. The fraction of sp³-hybridized carbons (Fsp3) is 0.429. The van der Waals surface area contributed by atoms with Gasteiger partial charge in [-0.1, -0.05) is 0 Å².